The predicted octanol–water partition coefficient (Wildman–Crippen LogP) is 2.07. The Bertz CT molecular complexity index is 268. The van der Waals surface area contributed by atoms with Crippen LogP contribution in [-0.4, -0.2) is 27.0 Å². The number of rotatable bonds is 4. The Morgan fingerprint density at radius 1 is 1.54 bits per heavy atom. The van der Waals surface area contributed by atoms with Crippen molar-refractivity contribution >= 4 is 11.8 Å². The van der Waals surface area contributed by atoms with E-state index in [0.717, 1.165) is 17.9 Å². The quantitative estimate of drug-likeness (QED) is 0.744. The standard InChI is InChI=1S/C9H17N3S/c1-8-7-12(11-10-8)9(2,3)5-6-13-4/h7H,5-6H2,1-4H3. The first-order valence-corrected chi connectivity index (χ1v) is 5.84. The lowest BCUT2D eigenvalue weighted by atomic mass is 10.0. The van der Waals surface area contributed by atoms with Crippen LogP contribution >= 0.6 is 11.8 Å². The zero-order valence-electron chi connectivity index (χ0n) is 8.74. The van der Waals surface area contributed by atoms with Gasteiger partial charge in [-0.2, -0.15) is 11.8 Å². The Morgan fingerprint density at radius 3 is 2.69 bits per heavy atom. The van der Waals surface area contributed by atoms with E-state index in [1.165, 1.54) is 0 Å². The second kappa shape index (κ2) is 4.13. The van der Waals surface area contributed by atoms with Gasteiger partial charge in [0.2, 0.25) is 0 Å². The minimum Gasteiger partial charge on any atom is -0.247 e. The van der Waals surface area contributed by atoms with Gasteiger partial charge in [-0.1, -0.05) is 5.21 Å². The van der Waals surface area contributed by atoms with Crippen LogP contribution in [-0.2, 0) is 5.54 Å². The number of hydrogen-bond acceptors (Lipinski definition) is 3. The smallest absolute Gasteiger partial charge is 0.0796 e. The van der Waals surface area contributed by atoms with Crippen LogP contribution in [0.5, 0.6) is 0 Å². The first-order chi connectivity index (χ1) is 6.06. The minimum absolute atomic E-state index is 0.0876. The summed E-state index contributed by atoms with van der Waals surface area (Å²) in [6, 6.07) is 0. The van der Waals surface area contributed by atoms with Crippen molar-refractivity contribution in [2.45, 2.75) is 32.7 Å². The molecule has 0 N–H and O–H groups in total. The number of nitrogens with zero attached hydrogens (tertiary/aromatic N) is 3. The summed E-state index contributed by atoms with van der Waals surface area (Å²) in [5.41, 5.74) is 1.07. The molecule has 1 rings (SSSR count). The predicted molar refractivity (Wildman–Crippen MR) is 57.1 cm³/mol. The van der Waals surface area contributed by atoms with Gasteiger partial charge in [0.1, 0.15) is 0 Å². The summed E-state index contributed by atoms with van der Waals surface area (Å²) in [6.45, 7) is 6.35. The van der Waals surface area contributed by atoms with E-state index in [1.54, 1.807) is 0 Å². The maximum atomic E-state index is 4.10. The van der Waals surface area contributed by atoms with Crippen molar-refractivity contribution < 1.29 is 0 Å². The molecule has 0 aliphatic heterocycles. The summed E-state index contributed by atoms with van der Waals surface area (Å²) >= 11 is 1.87. The van der Waals surface area contributed by atoms with Gasteiger partial charge in [0.15, 0.2) is 0 Å². The van der Waals surface area contributed by atoms with Gasteiger partial charge in [0.25, 0.3) is 0 Å². The Kier molecular flexibility index (Phi) is 3.36. The molecule has 1 aromatic rings. The van der Waals surface area contributed by atoms with Gasteiger partial charge in [0.05, 0.1) is 11.2 Å². The zero-order valence-corrected chi connectivity index (χ0v) is 9.56. The van der Waals surface area contributed by atoms with Crippen LogP contribution in [0.4, 0.5) is 0 Å². The third kappa shape index (κ3) is 2.72. The molecule has 0 fully saturated rings. The van der Waals surface area contributed by atoms with Crippen molar-refractivity contribution in [3.05, 3.63) is 11.9 Å². The molecule has 0 atom stereocenters. The highest BCUT2D eigenvalue weighted by molar-refractivity contribution is 7.98. The summed E-state index contributed by atoms with van der Waals surface area (Å²) < 4.78 is 1.96. The zero-order chi connectivity index (χ0) is 9.90. The third-order valence-corrected chi connectivity index (χ3v) is 2.76. The van der Waals surface area contributed by atoms with Crippen LogP contribution in [0.1, 0.15) is 26.0 Å². The van der Waals surface area contributed by atoms with Gasteiger partial charge in [0, 0.05) is 6.20 Å². The minimum atomic E-state index is 0.0876. The molecule has 0 spiro atoms. The van der Waals surface area contributed by atoms with E-state index < -0.39 is 0 Å². The number of hydrogen-bond donors (Lipinski definition) is 0. The topological polar surface area (TPSA) is 30.7 Å². The van der Waals surface area contributed by atoms with Crippen LogP contribution in [0.2, 0.25) is 0 Å². The monoisotopic (exact) mass is 199 g/mol. The third-order valence-electron chi connectivity index (χ3n) is 2.15. The van der Waals surface area contributed by atoms with Gasteiger partial charge in [-0.05, 0) is 39.2 Å². The summed E-state index contributed by atoms with van der Waals surface area (Å²) in [6.07, 6.45) is 5.25. The Hall–Kier alpha value is -0.510. The van der Waals surface area contributed by atoms with Gasteiger partial charge in [-0.3, -0.25) is 0 Å². The molecule has 1 aromatic heterocycles. The molecule has 0 amide bonds. The maximum absolute atomic E-state index is 4.10. The van der Waals surface area contributed by atoms with E-state index in [0.29, 0.717) is 0 Å². The van der Waals surface area contributed by atoms with Crippen molar-refractivity contribution in [2.75, 3.05) is 12.0 Å². The molecular formula is C9H17N3S. The van der Waals surface area contributed by atoms with Crippen molar-refractivity contribution in [1.82, 2.24) is 15.0 Å². The molecule has 13 heavy (non-hydrogen) atoms. The highest BCUT2D eigenvalue weighted by Gasteiger charge is 2.20. The van der Waals surface area contributed by atoms with Crippen molar-refractivity contribution in [3.8, 4) is 0 Å². The normalized spacial score (nSPS) is 12.0. The van der Waals surface area contributed by atoms with Crippen molar-refractivity contribution in [3.63, 3.8) is 0 Å². The fourth-order valence-electron chi connectivity index (χ4n) is 1.11. The van der Waals surface area contributed by atoms with Gasteiger partial charge in [-0.25, -0.2) is 4.68 Å². The average molecular weight is 199 g/mol. The van der Waals surface area contributed by atoms with E-state index in [4.69, 9.17) is 0 Å². The molecule has 0 unspecified atom stereocenters. The molecule has 1 heterocycles. The number of thioether (sulfide) groups is 1. The summed E-state index contributed by atoms with van der Waals surface area (Å²) in [7, 11) is 0. The second-order valence-corrected chi connectivity index (χ2v) is 4.85. The maximum Gasteiger partial charge on any atom is 0.0796 e. The Morgan fingerprint density at radius 2 is 2.23 bits per heavy atom. The van der Waals surface area contributed by atoms with E-state index in [1.807, 2.05) is 29.6 Å². The van der Waals surface area contributed by atoms with Crippen LogP contribution in [0.3, 0.4) is 0 Å². The van der Waals surface area contributed by atoms with Crippen LogP contribution in [0.15, 0.2) is 6.20 Å². The van der Waals surface area contributed by atoms with Gasteiger partial charge < -0.3 is 0 Å². The second-order valence-electron chi connectivity index (χ2n) is 3.86. The molecular weight excluding hydrogens is 182 g/mol. The summed E-state index contributed by atoms with van der Waals surface area (Å²) in [4.78, 5) is 0. The number of aromatic nitrogens is 3. The molecule has 0 aliphatic carbocycles. The van der Waals surface area contributed by atoms with Crippen molar-refractivity contribution in [1.29, 1.82) is 0 Å². The fourth-order valence-corrected chi connectivity index (χ4v) is 1.81. The molecule has 3 nitrogen and oxygen atoms in total. The molecule has 0 aromatic carbocycles. The number of aryl methyl sites for hydroxylation is 1. The highest BCUT2D eigenvalue weighted by atomic mass is 32.2. The Labute approximate surface area is 83.9 Å². The lowest BCUT2D eigenvalue weighted by Gasteiger charge is -2.23. The summed E-state index contributed by atoms with van der Waals surface area (Å²) in [5, 5.41) is 8.09. The van der Waals surface area contributed by atoms with Crippen LogP contribution in [0.25, 0.3) is 0 Å². The molecule has 0 radical (unpaired) electrons. The average Bonchev–Trinajstić information content (AvgIpc) is 2.49. The highest BCUT2D eigenvalue weighted by Crippen LogP contribution is 2.20. The largest absolute Gasteiger partial charge is 0.247 e. The fraction of sp³-hybridized carbons (Fsp3) is 0.778. The molecule has 4 heteroatoms. The van der Waals surface area contributed by atoms with E-state index in [2.05, 4.69) is 30.4 Å². The first kappa shape index (κ1) is 10.6. The van der Waals surface area contributed by atoms with Gasteiger partial charge >= 0.3 is 0 Å². The molecule has 0 saturated heterocycles. The lowest BCUT2D eigenvalue weighted by molar-refractivity contribution is 0.303. The molecule has 0 saturated carbocycles. The molecule has 0 aliphatic rings. The Balaban J connectivity index is 2.68. The van der Waals surface area contributed by atoms with Crippen molar-refractivity contribution in [2.24, 2.45) is 0 Å². The van der Waals surface area contributed by atoms with E-state index in [-0.39, 0.29) is 5.54 Å². The van der Waals surface area contributed by atoms with E-state index in [9.17, 15) is 0 Å². The molecule has 74 valence electrons. The van der Waals surface area contributed by atoms with Crippen LogP contribution < -0.4 is 0 Å². The lowest BCUT2D eigenvalue weighted by Crippen LogP contribution is -2.27. The first-order valence-electron chi connectivity index (χ1n) is 4.44. The SMILES string of the molecule is CSCCC(C)(C)n1cc(C)nn1. The van der Waals surface area contributed by atoms with E-state index >= 15 is 0 Å². The van der Waals surface area contributed by atoms with Crippen LogP contribution in [0, 0.1) is 6.92 Å². The molecule has 0 bridgehead atoms. The van der Waals surface area contributed by atoms with Gasteiger partial charge in [-0.15, -0.1) is 5.10 Å². The summed E-state index contributed by atoms with van der Waals surface area (Å²) in [5.74, 6) is 1.16.